The lowest BCUT2D eigenvalue weighted by atomic mass is 10.1. The Kier molecular flexibility index (Phi) is 3.30. The van der Waals surface area contributed by atoms with E-state index in [0.29, 0.717) is 6.10 Å². The molecule has 3 heteroatoms. The minimum absolute atomic E-state index is 0.492. The van der Waals surface area contributed by atoms with Crippen molar-refractivity contribution in [2.24, 2.45) is 0 Å². The van der Waals surface area contributed by atoms with Gasteiger partial charge >= 0.3 is 0 Å². The summed E-state index contributed by atoms with van der Waals surface area (Å²) in [7, 11) is 5.98. The van der Waals surface area contributed by atoms with Crippen molar-refractivity contribution >= 4 is 0 Å². The monoisotopic (exact) mass is 158 g/mol. The molecule has 1 fully saturated rings. The lowest BCUT2D eigenvalue weighted by Crippen LogP contribution is -2.44. The molecule has 1 saturated heterocycles. The van der Waals surface area contributed by atoms with Crippen molar-refractivity contribution in [2.45, 2.75) is 18.9 Å². The van der Waals surface area contributed by atoms with Gasteiger partial charge in [0.1, 0.15) is 0 Å². The molecule has 0 atom stereocenters. The molecule has 11 heavy (non-hydrogen) atoms. The van der Waals surface area contributed by atoms with Crippen molar-refractivity contribution in [1.82, 2.24) is 10.0 Å². The molecule has 0 aliphatic carbocycles. The highest BCUT2D eigenvalue weighted by Crippen LogP contribution is 2.12. The van der Waals surface area contributed by atoms with Gasteiger partial charge in [-0.1, -0.05) is 0 Å². The van der Waals surface area contributed by atoms with E-state index in [0.717, 1.165) is 25.9 Å². The third-order valence-corrected chi connectivity index (χ3v) is 2.32. The van der Waals surface area contributed by atoms with Crippen LogP contribution in [0, 0.1) is 0 Å². The van der Waals surface area contributed by atoms with Crippen LogP contribution in [0.4, 0.5) is 0 Å². The average Bonchev–Trinajstić information content (AvgIpc) is 2.05. The maximum Gasteiger partial charge on any atom is 0.0596 e. The van der Waals surface area contributed by atoms with E-state index in [4.69, 9.17) is 4.74 Å². The standard InChI is InChI=1S/C8H18N2O/c1-9(2)10-6-4-8(11-3)5-7-10/h8H,4-7H2,1-3H3. The second-order valence-corrected chi connectivity index (χ2v) is 3.24. The first-order valence-electron chi connectivity index (χ1n) is 4.19. The Balaban J connectivity index is 2.24. The smallest absolute Gasteiger partial charge is 0.0596 e. The highest BCUT2D eigenvalue weighted by Gasteiger charge is 2.19. The van der Waals surface area contributed by atoms with Crippen molar-refractivity contribution in [1.29, 1.82) is 0 Å². The van der Waals surface area contributed by atoms with Gasteiger partial charge in [0.15, 0.2) is 0 Å². The van der Waals surface area contributed by atoms with E-state index in [9.17, 15) is 0 Å². The van der Waals surface area contributed by atoms with E-state index in [1.165, 1.54) is 0 Å². The molecule has 1 aliphatic heterocycles. The average molecular weight is 158 g/mol. The molecule has 0 saturated carbocycles. The zero-order valence-corrected chi connectivity index (χ0v) is 7.71. The lowest BCUT2D eigenvalue weighted by molar-refractivity contribution is -0.0412. The van der Waals surface area contributed by atoms with Gasteiger partial charge in [0.05, 0.1) is 6.10 Å². The zero-order chi connectivity index (χ0) is 8.27. The third-order valence-electron chi connectivity index (χ3n) is 2.32. The Morgan fingerprint density at radius 1 is 1.27 bits per heavy atom. The molecule has 0 radical (unpaired) electrons. The largest absolute Gasteiger partial charge is 0.381 e. The first-order valence-corrected chi connectivity index (χ1v) is 4.19. The summed E-state index contributed by atoms with van der Waals surface area (Å²) in [4.78, 5) is 0. The van der Waals surface area contributed by atoms with Crippen LogP contribution in [0.3, 0.4) is 0 Å². The Hall–Kier alpha value is -0.120. The number of hydrazine groups is 1. The fraction of sp³-hybridized carbons (Fsp3) is 1.00. The Morgan fingerprint density at radius 2 is 1.82 bits per heavy atom. The zero-order valence-electron chi connectivity index (χ0n) is 7.71. The molecule has 0 aromatic heterocycles. The fourth-order valence-corrected chi connectivity index (χ4v) is 1.48. The summed E-state index contributed by atoms with van der Waals surface area (Å²) in [5, 5.41) is 4.50. The normalized spacial score (nSPS) is 22.9. The van der Waals surface area contributed by atoms with Crippen molar-refractivity contribution in [3.63, 3.8) is 0 Å². The second-order valence-electron chi connectivity index (χ2n) is 3.24. The van der Waals surface area contributed by atoms with Gasteiger partial charge in [-0.2, -0.15) is 0 Å². The van der Waals surface area contributed by atoms with E-state index in [1.807, 2.05) is 0 Å². The van der Waals surface area contributed by atoms with E-state index in [-0.39, 0.29) is 0 Å². The second kappa shape index (κ2) is 4.04. The van der Waals surface area contributed by atoms with Gasteiger partial charge in [-0.05, 0) is 12.8 Å². The Morgan fingerprint density at radius 3 is 2.18 bits per heavy atom. The molecule has 0 N–H and O–H groups in total. The molecule has 0 unspecified atom stereocenters. The highest BCUT2D eigenvalue weighted by molar-refractivity contribution is 4.69. The van der Waals surface area contributed by atoms with Gasteiger partial charge in [0.25, 0.3) is 0 Å². The van der Waals surface area contributed by atoms with Crippen LogP contribution in [0.25, 0.3) is 0 Å². The SMILES string of the molecule is COC1CCN(N(C)C)CC1. The summed E-state index contributed by atoms with van der Waals surface area (Å²) in [6.07, 6.45) is 2.81. The van der Waals surface area contributed by atoms with Crippen molar-refractivity contribution in [3.05, 3.63) is 0 Å². The number of hydrogen-bond acceptors (Lipinski definition) is 3. The van der Waals surface area contributed by atoms with Gasteiger partial charge in [-0.25, -0.2) is 10.0 Å². The molecule has 3 nitrogen and oxygen atoms in total. The van der Waals surface area contributed by atoms with Crippen molar-refractivity contribution in [3.8, 4) is 0 Å². The Bertz CT molecular complexity index is 109. The topological polar surface area (TPSA) is 15.7 Å². The molecule has 0 spiro atoms. The molecule has 0 aromatic rings. The molecular formula is C8H18N2O. The summed E-state index contributed by atoms with van der Waals surface area (Å²) in [6, 6.07) is 0. The van der Waals surface area contributed by atoms with Crippen LogP contribution in [0.5, 0.6) is 0 Å². The first kappa shape index (κ1) is 8.97. The van der Waals surface area contributed by atoms with Gasteiger partial charge in [-0.15, -0.1) is 0 Å². The van der Waals surface area contributed by atoms with Crippen LogP contribution in [0.2, 0.25) is 0 Å². The minimum atomic E-state index is 0.492. The molecule has 1 rings (SSSR count). The molecule has 66 valence electrons. The van der Waals surface area contributed by atoms with Gasteiger partial charge < -0.3 is 4.74 Å². The molecule has 1 aliphatic rings. The van der Waals surface area contributed by atoms with Crippen molar-refractivity contribution < 1.29 is 4.74 Å². The van der Waals surface area contributed by atoms with E-state index < -0.39 is 0 Å². The van der Waals surface area contributed by atoms with Gasteiger partial charge in [-0.3, -0.25) is 0 Å². The minimum Gasteiger partial charge on any atom is -0.381 e. The predicted octanol–water partition coefficient (Wildman–Crippen LogP) is 0.574. The maximum atomic E-state index is 5.27. The number of rotatable bonds is 2. The summed E-state index contributed by atoms with van der Waals surface area (Å²) in [5.74, 6) is 0. The number of ether oxygens (including phenoxy) is 1. The van der Waals surface area contributed by atoms with E-state index in [2.05, 4.69) is 24.1 Å². The van der Waals surface area contributed by atoms with E-state index in [1.54, 1.807) is 7.11 Å². The van der Waals surface area contributed by atoms with Crippen LogP contribution in [0.1, 0.15) is 12.8 Å². The Labute approximate surface area is 68.9 Å². The number of piperidine rings is 1. The van der Waals surface area contributed by atoms with Crippen LogP contribution in [-0.2, 0) is 4.74 Å². The van der Waals surface area contributed by atoms with Crippen LogP contribution < -0.4 is 0 Å². The highest BCUT2D eigenvalue weighted by atomic mass is 16.5. The molecular weight excluding hydrogens is 140 g/mol. The summed E-state index contributed by atoms with van der Waals surface area (Å²) in [6.45, 7) is 2.26. The van der Waals surface area contributed by atoms with Gasteiger partial charge in [0, 0.05) is 34.3 Å². The van der Waals surface area contributed by atoms with Crippen molar-refractivity contribution in [2.75, 3.05) is 34.3 Å². The van der Waals surface area contributed by atoms with Gasteiger partial charge in [0.2, 0.25) is 0 Å². The molecule has 0 bridgehead atoms. The molecule has 1 heterocycles. The number of nitrogens with zero attached hydrogens (tertiary/aromatic N) is 2. The van der Waals surface area contributed by atoms with Crippen LogP contribution in [0.15, 0.2) is 0 Å². The maximum absolute atomic E-state index is 5.27. The van der Waals surface area contributed by atoms with Crippen LogP contribution in [-0.4, -0.2) is 50.4 Å². The number of hydrogen-bond donors (Lipinski definition) is 0. The summed E-state index contributed by atoms with van der Waals surface area (Å²) in [5.41, 5.74) is 0. The first-order chi connectivity index (χ1) is 5.24. The quantitative estimate of drug-likeness (QED) is 0.584. The lowest BCUT2D eigenvalue weighted by Gasteiger charge is -2.35. The summed E-state index contributed by atoms with van der Waals surface area (Å²) < 4.78 is 5.27. The predicted molar refractivity (Wildman–Crippen MR) is 45.3 cm³/mol. The summed E-state index contributed by atoms with van der Waals surface area (Å²) >= 11 is 0. The fourth-order valence-electron chi connectivity index (χ4n) is 1.48. The molecule has 0 aromatic carbocycles. The third kappa shape index (κ3) is 2.43. The number of methoxy groups -OCH3 is 1. The van der Waals surface area contributed by atoms with E-state index >= 15 is 0 Å². The van der Waals surface area contributed by atoms with Crippen LogP contribution >= 0.6 is 0 Å². The molecule has 0 amide bonds.